The van der Waals surface area contributed by atoms with Gasteiger partial charge < -0.3 is 15.7 Å². The number of halogens is 3. The van der Waals surface area contributed by atoms with Crippen LogP contribution in [0.15, 0.2) is 24.3 Å². The average Bonchev–Trinajstić information content (AvgIpc) is 2.37. The standard InChI is InChI=1S/C13H15F3N2O3/c14-13(15,16)10-4-2-1-3-9(10)5-7-17-12(21)18-8-6-11(19)20/h1-4H,5-8H2,(H,19,20)(H2,17,18,21). The van der Waals surface area contributed by atoms with Crippen LogP contribution in [-0.4, -0.2) is 30.2 Å². The highest BCUT2D eigenvalue weighted by atomic mass is 19.4. The van der Waals surface area contributed by atoms with Gasteiger partial charge in [0, 0.05) is 13.1 Å². The molecule has 116 valence electrons. The molecule has 0 spiro atoms. The fraction of sp³-hybridized carbons (Fsp3) is 0.385. The summed E-state index contributed by atoms with van der Waals surface area (Å²) in [7, 11) is 0. The highest BCUT2D eigenvalue weighted by Crippen LogP contribution is 2.31. The number of nitrogens with one attached hydrogen (secondary N) is 2. The molecule has 1 rings (SSSR count). The van der Waals surface area contributed by atoms with Gasteiger partial charge in [0.15, 0.2) is 0 Å². The second-order valence-corrected chi connectivity index (χ2v) is 4.23. The van der Waals surface area contributed by atoms with E-state index in [1.165, 1.54) is 18.2 Å². The first kappa shape index (κ1) is 16.8. The zero-order valence-corrected chi connectivity index (χ0v) is 11.0. The summed E-state index contributed by atoms with van der Waals surface area (Å²) < 4.78 is 38.2. The van der Waals surface area contributed by atoms with Crippen LogP contribution in [0.3, 0.4) is 0 Å². The Hall–Kier alpha value is -2.25. The van der Waals surface area contributed by atoms with Gasteiger partial charge in [0.25, 0.3) is 0 Å². The third-order valence-electron chi connectivity index (χ3n) is 2.63. The van der Waals surface area contributed by atoms with Crippen LogP contribution in [0, 0.1) is 0 Å². The molecule has 0 heterocycles. The highest BCUT2D eigenvalue weighted by Gasteiger charge is 2.32. The van der Waals surface area contributed by atoms with Gasteiger partial charge in [0.2, 0.25) is 0 Å². The van der Waals surface area contributed by atoms with E-state index in [2.05, 4.69) is 10.6 Å². The van der Waals surface area contributed by atoms with Crippen molar-refractivity contribution in [2.75, 3.05) is 13.1 Å². The number of urea groups is 1. The zero-order valence-electron chi connectivity index (χ0n) is 11.0. The van der Waals surface area contributed by atoms with E-state index in [9.17, 15) is 22.8 Å². The predicted molar refractivity (Wildman–Crippen MR) is 68.8 cm³/mol. The Bertz CT molecular complexity index is 504. The molecule has 3 N–H and O–H groups in total. The first-order chi connectivity index (χ1) is 9.80. The van der Waals surface area contributed by atoms with E-state index >= 15 is 0 Å². The zero-order chi connectivity index (χ0) is 15.9. The van der Waals surface area contributed by atoms with Crippen LogP contribution in [0.5, 0.6) is 0 Å². The van der Waals surface area contributed by atoms with E-state index in [1.807, 2.05) is 0 Å². The molecular weight excluding hydrogens is 289 g/mol. The number of amides is 2. The second-order valence-electron chi connectivity index (χ2n) is 4.23. The summed E-state index contributed by atoms with van der Waals surface area (Å²) >= 11 is 0. The molecule has 1 aromatic carbocycles. The lowest BCUT2D eigenvalue weighted by Gasteiger charge is -2.13. The maximum atomic E-state index is 12.7. The maximum Gasteiger partial charge on any atom is 0.416 e. The Kier molecular flexibility index (Phi) is 6.01. The van der Waals surface area contributed by atoms with Gasteiger partial charge in [0.05, 0.1) is 12.0 Å². The van der Waals surface area contributed by atoms with Crippen molar-refractivity contribution in [3.63, 3.8) is 0 Å². The molecule has 0 radical (unpaired) electrons. The molecule has 0 fully saturated rings. The number of carbonyl (C=O) groups is 2. The number of aliphatic carboxylic acids is 1. The molecule has 0 aliphatic rings. The van der Waals surface area contributed by atoms with Gasteiger partial charge >= 0.3 is 18.2 Å². The largest absolute Gasteiger partial charge is 0.481 e. The number of carboxylic acid groups (broad SMARTS) is 1. The monoisotopic (exact) mass is 304 g/mol. The van der Waals surface area contributed by atoms with Gasteiger partial charge in [0.1, 0.15) is 0 Å². The van der Waals surface area contributed by atoms with Crippen molar-refractivity contribution in [2.45, 2.75) is 19.0 Å². The maximum absolute atomic E-state index is 12.7. The minimum absolute atomic E-state index is 0.0198. The minimum Gasteiger partial charge on any atom is -0.481 e. The molecular formula is C13H15F3N2O3. The minimum atomic E-state index is -4.43. The Morgan fingerprint density at radius 2 is 1.71 bits per heavy atom. The number of benzene rings is 1. The molecule has 0 unspecified atom stereocenters. The van der Waals surface area contributed by atoms with Crippen molar-refractivity contribution < 1.29 is 27.9 Å². The van der Waals surface area contributed by atoms with Crippen LogP contribution >= 0.6 is 0 Å². The molecule has 0 aromatic heterocycles. The fourth-order valence-electron chi connectivity index (χ4n) is 1.67. The molecule has 1 aromatic rings. The number of carboxylic acids is 1. The van der Waals surface area contributed by atoms with E-state index in [4.69, 9.17) is 5.11 Å². The van der Waals surface area contributed by atoms with E-state index < -0.39 is 23.7 Å². The topological polar surface area (TPSA) is 78.4 Å². The lowest BCUT2D eigenvalue weighted by atomic mass is 10.0. The summed E-state index contributed by atoms with van der Waals surface area (Å²) in [5.74, 6) is -1.05. The van der Waals surface area contributed by atoms with Gasteiger partial charge in [-0.1, -0.05) is 18.2 Å². The Morgan fingerprint density at radius 1 is 1.10 bits per heavy atom. The van der Waals surface area contributed by atoms with Crippen molar-refractivity contribution in [1.29, 1.82) is 0 Å². The number of rotatable bonds is 6. The fourth-order valence-corrected chi connectivity index (χ4v) is 1.67. The highest BCUT2D eigenvalue weighted by molar-refractivity contribution is 5.74. The quantitative estimate of drug-likeness (QED) is 0.752. The van der Waals surface area contributed by atoms with Crippen LogP contribution in [0.1, 0.15) is 17.5 Å². The van der Waals surface area contributed by atoms with Gasteiger partial charge in [-0.3, -0.25) is 4.79 Å². The van der Waals surface area contributed by atoms with Crippen LogP contribution in [0.25, 0.3) is 0 Å². The molecule has 0 saturated heterocycles. The second kappa shape index (κ2) is 7.51. The van der Waals surface area contributed by atoms with Crippen LogP contribution in [0.2, 0.25) is 0 Å². The Morgan fingerprint density at radius 3 is 2.33 bits per heavy atom. The van der Waals surface area contributed by atoms with Gasteiger partial charge in [-0.25, -0.2) is 4.79 Å². The summed E-state index contributed by atoms with van der Waals surface area (Å²) in [5, 5.41) is 13.0. The summed E-state index contributed by atoms with van der Waals surface area (Å²) in [4.78, 5) is 21.5. The van der Waals surface area contributed by atoms with Gasteiger partial charge in [-0.2, -0.15) is 13.2 Å². The van der Waals surface area contributed by atoms with Crippen molar-refractivity contribution in [1.82, 2.24) is 10.6 Å². The molecule has 5 nitrogen and oxygen atoms in total. The summed E-state index contributed by atoms with van der Waals surface area (Å²) in [6.45, 7) is -0.0215. The molecule has 2 amide bonds. The molecule has 0 atom stereocenters. The Labute approximate surface area is 119 Å². The SMILES string of the molecule is O=C(O)CCNC(=O)NCCc1ccccc1C(F)(F)F. The summed E-state index contributed by atoms with van der Waals surface area (Å²) in [5.41, 5.74) is -0.631. The molecule has 21 heavy (non-hydrogen) atoms. The van der Waals surface area contributed by atoms with E-state index in [-0.39, 0.29) is 31.5 Å². The summed E-state index contributed by atoms with van der Waals surface area (Å²) in [6, 6.07) is 4.53. The first-order valence-electron chi connectivity index (χ1n) is 6.19. The van der Waals surface area contributed by atoms with Gasteiger partial charge in [-0.15, -0.1) is 0 Å². The molecule has 8 heteroatoms. The smallest absolute Gasteiger partial charge is 0.416 e. The third kappa shape index (κ3) is 6.15. The van der Waals surface area contributed by atoms with E-state index in [1.54, 1.807) is 0 Å². The molecule has 0 aliphatic carbocycles. The third-order valence-corrected chi connectivity index (χ3v) is 2.63. The van der Waals surface area contributed by atoms with E-state index in [0.717, 1.165) is 6.07 Å². The summed E-state index contributed by atoms with van der Waals surface area (Å²) in [6.07, 6.45) is -4.62. The number of alkyl halides is 3. The molecule has 0 aliphatic heterocycles. The lowest BCUT2D eigenvalue weighted by molar-refractivity contribution is -0.138. The van der Waals surface area contributed by atoms with Crippen LogP contribution in [-0.2, 0) is 17.4 Å². The van der Waals surface area contributed by atoms with Gasteiger partial charge in [-0.05, 0) is 18.1 Å². The van der Waals surface area contributed by atoms with Crippen molar-refractivity contribution >= 4 is 12.0 Å². The van der Waals surface area contributed by atoms with Crippen molar-refractivity contribution in [3.8, 4) is 0 Å². The predicted octanol–water partition coefficient (Wildman–Crippen LogP) is 2.02. The number of carbonyl (C=O) groups excluding carboxylic acids is 1. The van der Waals surface area contributed by atoms with Crippen LogP contribution < -0.4 is 10.6 Å². The normalized spacial score (nSPS) is 11.0. The van der Waals surface area contributed by atoms with Crippen molar-refractivity contribution in [2.24, 2.45) is 0 Å². The number of hydrogen-bond acceptors (Lipinski definition) is 2. The number of hydrogen-bond donors (Lipinski definition) is 3. The lowest BCUT2D eigenvalue weighted by Crippen LogP contribution is -2.37. The average molecular weight is 304 g/mol. The van der Waals surface area contributed by atoms with Crippen LogP contribution in [0.4, 0.5) is 18.0 Å². The Balaban J connectivity index is 2.43. The molecule has 0 saturated carbocycles. The van der Waals surface area contributed by atoms with Crippen molar-refractivity contribution in [3.05, 3.63) is 35.4 Å². The van der Waals surface area contributed by atoms with E-state index in [0.29, 0.717) is 0 Å². The first-order valence-corrected chi connectivity index (χ1v) is 6.19. The molecule has 0 bridgehead atoms.